The highest BCUT2D eigenvalue weighted by molar-refractivity contribution is 7.71. The van der Waals surface area contributed by atoms with Gasteiger partial charge in [-0.25, -0.2) is 0 Å². The highest BCUT2D eigenvalue weighted by Crippen LogP contribution is 2.23. The zero-order valence-electron chi connectivity index (χ0n) is 13.1. The van der Waals surface area contributed by atoms with Gasteiger partial charge in [0, 0.05) is 5.02 Å². The number of aromatic nitrogens is 2. The van der Waals surface area contributed by atoms with E-state index in [9.17, 15) is 14.7 Å². The third kappa shape index (κ3) is 3.64. The molecule has 0 aliphatic carbocycles. The van der Waals surface area contributed by atoms with Crippen LogP contribution < -0.4 is 5.56 Å². The number of nitrogens with zero attached hydrogens (tertiary/aromatic N) is 2. The number of fused-ring (bicyclic) bond motifs is 1. The van der Waals surface area contributed by atoms with Crippen LogP contribution in [-0.2, 0) is 17.9 Å². The van der Waals surface area contributed by atoms with Crippen molar-refractivity contribution < 1.29 is 9.90 Å². The molecule has 5 nitrogen and oxygen atoms in total. The third-order valence-corrected chi connectivity index (χ3v) is 5.22. The summed E-state index contributed by atoms with van der Waals surface area (Å²) in [4.78, 5) is 24.2. The first kappa shape index (κ1) is 18.9. The van der Waals surface area contributed by atoms with Crippen molar-refractivity contribution in [3.05, 3.63) is 72.2 Å². The average molecular weight is 430 g/mol. The van der Waals surface area contributed by atoms with E-state index in [-0.39, 0.29) is 28.8 Å². The summed E-state index contributed by atoms with van der Waals surface area (Å²) >= 11 is 23.3. The molecule has 0 aliphatic heterocycles. The van der Waals surface area contributed by atoms with Crippen LogP contribution in [0.1, 0.15) is 5.56 Å². The van der Waals surface area contributed by atoms with Crippen LogP contribution in [-0.4, -0.2) is 20.2 Å². The largest absolute Gasteiger partial charge is 0.480 e. The lowest BCUT2D eigenvalue weighted by atomic mass is 10.2. The molecule has 134 valence electrons. The number of hydrogen-bond acceptors (Lipinski definition) is 3. The van der Waals surface area contributed by atoms with Crippen molar-refractivity contribution >= 4 is 63.9 Å². The minimum atomic E-state index is -1.07. The van der Waals surface area contributed by atoms with E-state index in [1.165, 1.54) is 15.2 Å². The molecule has 1 N–H and O–H groups in total. The summed E-state index contributed by atoms with van der Waals surface area (Å²) in [6.07, 6.45) is 0. The topological polar surface area (TPSA) is 64.2 Å². The lowest BCUT2D eigenvalue weighted by molar-refractivity contribution is -0.137. The first-order chi connectivity index (χ1) is 12.3. The predicted molar refractivity (Wildman–Crippen MR) is 105 cm³/mol. The standard InChI is InChI=1S/C17H11Cl3N2O3S/c18-10-2-4-14-11(6-10)16(25)22(17(26)21(14)8-15(23)24)7-9-1-3-12(19)13(20)5-9/h1-6H,7-8H2,(H,23,24). The Bertz CT molecular complexity index is 1150. The molecule has 1 heterocycles. The average Bonchev–Trinajstić information content (AvgIpc) is 2.58. The molecule has 0 atom stereocenters. The number of carboxylic acids is 1. The van der Waals surface area contributed by atoms with E-state index in [2.05, 4.69) is 0 Å². The molecule has 0 amide bonds. The van der Waals surface area contributed by atoms with Gasteiger partial charge in [0.1, 0.15) is 6.54 Å². The predicted octanol–water partition coefficient (Wildman–Crippen LogP) is 4.63. The second-order valence-electron chi connectivity index (χ2n) is 5.56. The van der Waals surface area contributed by atoms with E-state index in [0.717, 1.165) is 0 Å². The lowest BCUT2D eigenvalue weighted by Gasteiger charge is -2.15. The summed E-state index contributed by atoms with van der Waals surface area (Å²) in [5.74, 6) is -1.07. The van der Waals surface area contributed by atoms with Gasteiger partial charge in [0.05, 0.1) is 27.5 Å². The Balaban J connectivity index is 2.27. The minimum Gasteiger partial charge on any atom is -0.480 e. The summed E-state index contributed by atoms with van der Waals surface area (Å²) in [5.41, 5.74) is 0.758. The quantitative estimate of drug-likeness (QED) is 0.614. The Labute approximate surface area is 168 Å². The highest BCUT2D eigenvalue weighted by Gasteiger charge is 2.14. The van der Waals surface area contributed by atoms with Gasteiger partial charge in [-0.2, -0.15) is 0 Å². The number of halogens is 3. The SMILES string of the molecule is O=C(O)Cn1c(=S)n(Cc2ccc(Cl)c(Cl)c2)c(=O)c2cc(Cl)ccc21. The zero-order valence-corrected chi connectivity index (χ0v) is 16.2. The fourth-order valence-corrected chi connectivity index (χ4v) is 3.45. The van der Waals surface area contributed by atoms with Crippen LogP contribution in [0.2, 0.25) is 15.1 Å². The highest BCUT2D eigenvalue weighted by atomic mass is 35.5. The molecule has 1 aromatic heterocycles. The molecule has 9 heteroatoms. The molecule has 0 spiro atoms. The Hall–Kier alpha value is -1.86. The monoisotopic (exact) mass is 428 g/mol. The summed E-state index contributed by atoms with van der Waals surface area (Å²) in [5, 5.41) is 10.6. The van der Waals surface area contributed by atoms with Gasteiger partial charge < -0.3 is 9.67 Å². The van der Waals surface area contributed by atoms with E-state index < -0.39 is 5.97 Å². The maximum Gasteiger partial charge on any atom is 0.323 e. The van der Waals surface area contributed by atoms with Gasteiger partial charge in [0.15, 0.2) is 4.77 Å². The van der Waals surface area contributed by atoms with Crippen LogP contribution in [0, 0.1) is 4.77 Å². The van der Waals surface area contributed by atoms with Crippen molar-refractivity contribution in [2.75, 3.05) is 0 Å². The molecule has 3 aromatic rings. The molecule has 0 saturated heterocycles. The van der Waals surface area contributed by atoms with Gasteiger partial charge >= 0.3 is 5.97 Å². The molecule has 0 bridgehead atoms. The molecule has 0 saturated carbocycles. The van der Waals surface area contributed by atoms with Crippen LogP contribution in [0.25, 0.3) is 10.9 Å². The van der Waals surface area contributed by atoms with Gasteiger partial charge in [0.25, 0.3) is 5.56 Å². The molecule has 0 radical (unpaired) electrons. The molecule has 26 heavy (non-hydrogen) atoms. The van der Waals surface area contributed by atoms with Crippen LogP contribution in [0.4, 0.5) is 0 Å². The summed E-state index contributed by atoms with van der Waals surface area (Å²) in [7, 11) is 0. The van der Waals surface area contributed by atoms with Crippen molar-refractivity contribution in [1.82, 2.24) is 9.13 Å². The van der Waals surface area contributed by atoms with Gasteiger partial charge in [-0.3, -0.25) is 14.2 Å². The molecule has 0 aliphatic rings. The minimum absolute atomic E-state index is 0.0956. The Morgan fingerprint density at radius 1 is 1.04 bits per heavy atom. The first-order valence-corrected chi connectivity index (χ1v) is 8.91. The number of benzene rings is 2. The first-order valence-electron chi connectivity index (χ1n) is 7.36. The number of aliphatic carboxylic acids is 1. The molecular weight excluding hydrogens is 419 g/mol. The van der Waals surface area contributed by atoms with Crippen LogP contribution in [0.3, 0.4) is 0 Å². The number of rotatable bonds is 4. The zero-order chi connectivity index (χ0) is 19.0. The maximum atomic E-state index is 12.9. The molecule has 0 fully saturated rings. The van der Waals surface area contributed by atoms with E-state index in [0.29, 0.717) is 26.1 Å². The smallest absolute Gasteiger partial charge is 0.323 e. The van der Waals surface area contributed by atoms with Crippen molar-refractivity contribution in [3.63, 3.8) is 0 Å². The third-order valence-electron chi connectivity index (χ3n) is 3.80. The molecule has 0 unspecified atom stereocenters. The molecule has 2 aromatic carbocycles. The normalized spacial score (nSPS) is 11.0. The van der Waals surface area contributed by atoms with Gasteiger partial charge in [-0.05, 0) is 48.1 Å². The van der Waals surface area contributed by atoms with Crippen molar-refractivity contribution in [2.24, 2.45) is 0 Å². The van der Waals surface area contributed by atoms with Crippen LogP contribution >= 0.6 is 47.0 Å². The Morgan fingerprint density at radius 3 is 2.42 bits per heavy atom. The van der Waals surface area contributed by atoms with Crippen LogP contribution in [0.15, 0.2) is 41.2 Å². The van der Waals surface area contributed by atoms with E-state index >= 15 is 0 Å². The van der Waals surface area contributed by atoms with Crippen molar-refractivity contribution in [2.45, 2.75) is 13.1 Å². The molecular formula is C17H11Cl3N2O3S. The van der Waals surface area contributed by atoms with E-state index in [4.69, 9.17) is 47.0 Å². The summed E-state index contributed by atoms with van der Waals surface area (Å²) < 4.78 is 2.80. The fourth-order valence-electron chi connectivity index (χ4n) is 2.64. The number of carbonyl (C=O) groups is 1. The second-order valence-corrected chi connectivity index (χ2v) is 7.18. The fraction of sp³-hybridized carbons (Fsp3) is 0.118. The molecule has 3 rings (SSSR count). The summed E-state index contributed by atoms with van der Waals surface area (Å²) in [6, 6.07) is 9.64. The number of carboxylic acid groups (broad SMARTS) is 1. The Kier molecular flexibility index (Phi) is 5.39. The van der Waals surface area contributed by atoms with Gasteiger partial charge in [0.2, 0.25) is 0 Å². The van der Waals surface area contributed by atoms with Crippen molar-refractivity contribution in [3.8, 4) is 0 Å². The van der Waals surface area contributed by atoms with Crippen LogP contribution in [0.5, 0.6) is 0 Å². The van der Waals surface area contributed by atoms with E-state index in [1.807, 2.05) is 0 Å². The maximum absolute atomic E-state index is 12.9. The van der Waals surface area contributed by atoms with E-state index in [1.54, 1.807) is 30.3 Å². The number of hydrogen-bond donors (Lipinski definition) is 1. The second kappa shape index (κ2) is 7.40. The summed E-state index contributed by atoms with van der Waals surface area (Å²) in [6.45, 7) is -0.255. The lowest BCUT2D eigenvalue weighted by Crippen LogP contribution is -2.27. The van der Waals surface area contributed by atoms with Gasteiger partial charge in [-0.15, -0.1) is 0 Å². The Morgan fingerprint density at radius 2 is 1.77 bits per heavy atom. The van der Waals surface area contributed by atoms with Gasteiger partial charge in [-0.1, -0.05) is 40.9 Å². The van der Waals surface area contributed by atoms with Crippen molar-refractivity contribution in [1.29, 1.82) is 0 Å².